The molecule has 138 valence electrons. The van der Waals surface area contributed by atoms with E-state index in [9.17, 15) is 26.7 Å². The van der Waals surface area contributed by atoms with Crippen LogP contribution in [0.1, 0.15) is 18.2 Å². The molecule has 2 N–H and O–H groups in total. The van der Waals surface area contributed by atoms with Crippen LogP contribution in [0, 0.1) is 0 Å². The third-order valence-corrected chi connectivity index (χ3v) is 4.88. The lowest BCUT2D eigenvalue weighted by molar-refractivity contribution is -0.274. The number of alkyl halides is 3. The second-order valence-electron chi connectivity index (χ2n) is 5.27. The van der Waals surface area contributed by atoms with Gasteiger partial charge in [0.15, 0.2) is 0 Å². The Hall–Kier alpha value is -2.04. The van der Waals surface area contributed by atoms with Gasteiger partial charge in [-0.1, -0.05) is 0 Å². The number of ether oxygens (including phenoxy) is 1. The van der Waals surface area contributed by atoms with E-state index in [-0.39, 0.29) is 17.9 Å². The van der Waals surface area contributed by atoms with Gasteiger partial charge in [-0.25, -0.2) is 13.1 Å². The van der Waals surface area contributed by atoms with E-state index in [1.165, 1.54) is 0 Å². The summed E-state index contributed by atoms with van der Waals surface area (Å²) >= 11 is 0. The Morgan fingerprint density at radius 3 is 2.40 bits per heavy atom. The van der Waals surface area contributed by atoms with Crippen molar-refractivity contribution < 1.29 is 31.4 Å². The van der Waals surface area contributed by atoms with Gasteiger partial charge in [-0.3, -0.25) is 0 Å². The summed E-state index contributed by atoms with van der Waals surface area (Å²) in [6.07, 6.45) is -3.78. The van der Waals surface area contributed by atoms with Crippen molar-refractivity contribution in [3.63, 3.8) is 0 Å². The van der Waals surface area contributed by atoms with Gasteiger partial charge >= 0.3 is 6.36 Å². The Labute approximate surface area is 142 Å². The lowest BCUT2D eigenvalue weighted by Crippen LogP contribution is -2.26. The van der Waals surface area contributed by atoms with Crippen molar-refractivity contribution in [3.8, 4) is 5.75 Å². The second kappa shape index (κ2) is 7.46. The van der Waals surface area contributed by atoms with Crippen molar-refractivity contribution in [2.24, 2.45) is 7.05 Å². The first-order valence-electron chi connectivity index (χ1n) is 7.23. The van der Waals surface area contributed by atoms with Crippen LogP contribution in [-0.2, 0) is 17.1 Å². The van der Waals surface area contributed by atoms with Crippen LogP contribution in [0.2, 0.25) is 0 Å². The van der Waals surface area contributed by atoms with E-state index >= 15 is 0 Å². The minimum Gasteiger partial charge on any atom is -0.406 e. The molecule has 0 aliphatic rings. The Bertz CT molecular complexity index is 801. The highest BCUT2D eigenvalue weighted by Crippen LogP contribution is 2.24. The number of halogens is 3. The molecule has 10 heteroatoms. The lowest BCUT2D eigenvalue weighted by Gasteiger charge is -2.13. The van der Waals surface area contributed by atoms with Gasteiger partial charge in [0, 0.05) is 25.5 Å². The average molecular weight is 378 g/mol. The van der Waals surface area contributed by atoms with Crippen LogP contribution in [0.3, 0.4) is 0 Å². The van der Waals surface area contributed by atoms with E-state index in [2.05, 4.69) is 9.46 Å². The molecule has 1 unspecified atom stereocenters. The molecule has 1 aromatic carbocycles. The molecule has 0 saturated carbocycles. The number of hydrogen-bond acceptors (Lipinski definition) is 4. The van der Waals surface area contributed by atoms with Crippen molar-refractivity contribution in [3.05, 3.63) is 48.3 Å². The quantitative estimate of drug-likeness (QED) is 0.775. The summed E-state index contributed by atoms with van der Waals surface area (Å²) < 4.78 is 68.2. The van der Waals surface area contributed by atoms with Gasteiger partial charge in [-0.05, 0) is 42.8 Å². The molecule has 0 spiro atoms. The Morgan fingerprint density at radius 2 is 1.88 bits per heavy atom. The number of aryl methyl sites for hydroxylation is 1. The highest BCUT2D eigenvalue weighted by atomic mass is 32.2. The van der Waals surface area contributed by atoms with Crippen LogP contribution in [0.5, 0.6) is 5.75 Å². The van der Waals surface area contributed by atoms with Crippen LogP contribution in [-0.4, -0.2) is 31.0 Å². The minimum absolute atomic E-state index is 0.0323. The Kier molecular flexibility index (Phi) is 5.76. The van der Waals surface area contributed by atoms with Crippen LogP contribution < -0.4 is 9.46 Å². The summed E-state index contributed by atoms with van der Waals surface area (Å²) in [7, 11) is -2.14. The van der Waals surface area contributed by atoms with E-state index in [1.807, 2.05) is 0 Å². The molecule has 1 heterocycles. The molecule has 0 amide bonds. The molecular formula is C15H17F3N2O4S. The van der Waals surface area contributed by atoms with Gasteiger partial charge in [0.25, 0.3) is 0 Å². The molecule has 6 nitrogen and oxygen atoms in total. The van der Waals surface area contributed by atoms with Crippen LogP contribution >= 0.6 is 0 Å². The molecular weight excluding hydrogens is 361 g/mol. The summed E-state index contributed by atoms with van der Waals surface area (Å²) in [4.78, 5) is -0.199. The fourth-order valence-electron chi connectivity index (χ4n) is 2.20. The number of aromatic nitrogens is 1. The third kappa shape index (κ3) is 5.48. The smallest absolute Gasteiger partial charge is 0.406 e. The van der Waals surface area contributed by atoms with Crippen molar-refractivity contribution in [2.75, 3.05) is 6.54 Å². The maximum Gasteiger partial charge on any atom is 0.573 e. The average Bonchev–Trinajstić information content (AvgIpc) is 2.92. The number of sulfonamides is 1. The Morgan fingerprint density at radius 1 is 1.24 bits per heavy atom. The summed E-state index contributed by atoms with van der Waals surface area (Å²) in [6.45, 7) is -0.0323. The number of aliphatic hydroxyl groups is 1. The predicted molar refractivity (Wildman–Crippen MR) is 83.3 cm³/mol. The first kappa shape index (κ1) is 19.3. The standard InChI is InChI=1S/C15H17F3N2O4S/c1-20-10-2-3-13(20)14(21)8-9-19-25(22,23)12-6-4-11(5-7-12)24-15(16,17)18/h2-7,10,14,19,21H,8-9H2,1H3. The summed E-state index contributed by atoms with van der Waals surface area (Å²) in [5.41, 5.74) is 0.646. The van der Waals surface area contributed by atoms with Crippen molar-refractivity contribution in [1.29, 1.82) is 0 Å². The molecule has 0 bridgehead atoms. The van der Waals surface area contributed by atoms with Crippen LogP contribution in [0.4, 0.5) is 13.2 Å². The number of nitrogens with one attached hydrogen (secondary N) is 1. The zero-order valence-electron chi connectivity index (χ0n) is 13.2. The van der Waals surface area contributed by atoms with Gasteiger partial charge in [0.05, 0.1) is 11.0 Å². The lowest BCUT2D eigenvalue weighted by atomic mass is 10.2. The maximum absolute atomic E-state index is 12.1. The summed E-state index contributed by atoms with van der Waals surface area (Å²) in [6, 6.07) is 7.33. The second-order valence-corrected chi connectivity index (χ2v) is 7.03. The largest absolute Gasteiger partial charge is 0.573 e. The topological polar surface area (TPSA) is 80.6 Å². The first-order valence-corrected chi connectivity index (χ1v) is 8.71. The fraction of sp³-hybridized carbons (Fsp3) is 0.333. The minimum atomic E-state index is -4.84. The highest BCUT2D eigenvalue weighted by molar-refractivity contribution is 7.89. The van der Waals surface area contributed by atoms with Gasteiger partial charge in [0.1, 0.15) is 5.75 Å². The highest BCUT2D eigenvalue weighted by Gasteiger charge is 2.31. The number of hydrogen-bond donors (Lipinski definition) is 2. The molecule has 1 atom stereocenters. The van der Waals surface area contributed by atoms with Crippen LogP contribution in [0.25, 0.3) is 0 Å². The first-order chi connectivity index (χ1) is 11.6. The SMILES string of the molecule is Cn1cccc1C(O)CCNS(=O)(=O)c1ccc(OC(F)(F)F)cc1. The maximum atomic E-state index is 12.1. The van der Waals surface area contributed by atoms with Crippen molar-refractivity contribution in [1.82, 2.24) is 9.29 Å². The van der Waals surface area contributed by atoms with Crippen LogP contribution in [0.15, 0.2) is 47.5 Å². The molecule has 0 saturated heterocycles. The van der Waals surface area contributed by atoms with Gasteiger partial charge in [0.2, 0.25) is 10.0 Å². The predicted octanol–water partition coefficient (Wildman–Crippen LogP) is 2.33. The zero-order valence-corrected chi connectivity index (χ0v) is 14.0. The summed E-state index contributed by atoms with van der Waals surface area (Å²) in [5.74, 6) is -0.509. The number of aliphatic hydroxyl groups excluding tert-OH is 1. The molecule has 2 aromatic rings. The fourth-order valence-corrected chi connectivity index (χ4v) is 3.25. The molecule has 0 fully saturated rings. The van der Waals surface area contributed by atoms with Gasteiger partial charge in [-0.2, -0.15) is 0 Å². The van der Waals surface area contributed by atoms with Gasteiger partial charge < -0.3 is 14.4 Å². The van der Waals surface area contributed by atoms with E-state index in [0.29, 0.717) is 5.69 Å². The van der Waals surface area contributed by atoms with E-state index in [0.717, 1.165) is 24.3 Å². The molecule has 25 heavy (non-hydrogen) atoms. The molecule has 1 aromatic heterocycles. The monoisotopic (exact) mass is 378 g/mol. The Balaban J connectivity index is 1.94. The summed E-state index contributed by atoms with van der Waals surface area (Å²) in [5, 5.41) is 10.0. The molecule has 0 aliphatic heterocycles. The normalized spacial score (nSPS) is 13.6. The molecule has 0 aliphatic carbocycles. The van der Waals surface area contributed by atoms with Gasteiger partial charge in [-0.15, -0.1) is 13.2 Å². The number of benzene rings is 1. The third-order valence-electron chi connectivity index (χ3n) is 3.40. The molecule has 2 rings (SSSR count). The van der Waals surface area contributed by atoms with E-state index in [4.69, 9.17) is 0 Å². The van der Waals surface area contributed by atoms with Crippen molar-refractivity contribution >= 4 is 10.0 Å². The molecule has 0 radical (unpaired) electrons. The van der Waals surface area contributed by atoms with E-state index < -0.39 is 28.2 Å². The number of rotatable bonds is 7. The van der Waals surface area contributed by atoms with Crippen molar-refractivity contribution in [2.45, 2.75) is 23.8 Å². The zero-order chi connectivity index (χ0) is 18.7. The van der Waals surface area contributed by atoms with E-state index in [1.54, 1.807) is 29.9 Å². The number of nitrogens with zero attached hydrogens (tertiary/aromatic N) is 1.